The van der Waals surface area contributed by atoms with E-state index in [2.05, 4.69) is 36.3 Å². The maximum atomic E-state index is 5.35. The van der Waals surface area contributed by atoms with Gasteiger partial charge in [0.2, 0.25) is 0 Å². The van der Waals surface area contributed by atoms with Gasteiger partial charge in [0, 0.05) is 31.1 Å². The molecule has 0 aliphatic carbocycles. The maximum Gasteiger partial charge on any atom is 0.0966 e. The average molecular weight is 266 g/mol. The summed E-state index contributed by atoms with van der Waals surface area (Å²) in [7, 11) is 0. The summed E-state index contributed by atoms with van der Waals surface area (Å²) >= 11 is 1.83. The molecule has 100 valence electrons. The van der Waals surface area contributed by atoms with Crippen LogP contribution in [0.3, 0.4) is 0 Å². The molecule has 1 aromatic rings. The van der Waals surface area contributed by atoms with Gasteiger partial charge in [-0.05, 0) is 43.9 Å². The van der Waals surface area contributed by atoms with Gasteiger partial charge in [0.1, 0.15) is 0 Å². The van der Waals surface area contributed by atoms with Crippen molar-refractivity contribution in [2.75, 3.05) is 32.1 Å². The molecule has 1 aliphatic rings. The zero-order valence-electron chi connectivity index (χ0n) is 11.2. The van der Waals surface area contributed by atoms with Crippen LogP contribution in [-0.2, 0) is 4.74 Å². The van der Waals surface area contributed by atoms with Crippen molar-refractivity contribution in [3.63, 3.8) is 0 Å². The molecule has 1 aliphatic heterocycles. The molecule has 0 amide bonds. The molecule has 1 atom stereocenters. The van der Waals surface area contributed by atoms with Crippen molar-refractivity contribution < 1.29 is 4.74 Å². The van der Waals surface area contributed by atoms with Gasteiger partial charge in [-0.25, -0.2) is 4.98 Å². The Morgan fingerprint density at radius 3 is 3.06 bits per heavy atom. The van der Waals surface area contributed by atoms with E-state index in [9.17, 15) is 0 Å². The molecule has 18 heavy (non-hydrogen) atoms. The molecule has 0 bridgehead atoms. The molecule has 0 saturated carbocycles. The number of nitrogens with zero attached hydrogens (tertiary/aromatic N) is 1. The van der Waals surface area contributed by atoms with Crippen LogP contribution in [0.4, 0.5) is 0 Å². The van der Waals surface area contributed by atoms with E-state index >= 15 is 0 Å². The molecule has 2 rings (SSSR count). The van der Waals surface area contributed by atoms with Crippen LogP contribution in [0.1, 0.15) is 17.7 Å². The van der Waals surface area contributed by atoms with Crippen LogP contribution in [0.15, 0.2) is 17.2 Å². The molecule has 1 aromatic heterocycles. The van der Waals surface area contributed by atoms with Gasteiger partial charge in [-0.1, -0.05) is 0 Å². The fourth-order valence-electron chi connectivity index (χ4n) is 2.16. The van der Waals surface area contributed by atoms with Crippen molar-refractivity contribution in [1.29, 1.82) is 0 Å². The molecular weight excluding hydrogens is 244 g/mol. The Bertz CT molecular complexity index is 358. The van der Waals surface area contributed by atoms with Crippen LogP contribution in [0.5, 0.6) is 0 Å². The van der Waals surface area contributed by atoms with E-state index in [1.54, 1.807) is 0 Å². The van der Waals surface area contributed by atoms with Crippen molar-refractivity contribution in [2.45, 2.75) is 25.3 Å². The first-order chi connectivity index (χ1) is 8.74. The Morgan fingerprint density at radius 2 is 2.33 bits per heavy atom. The fraction of sp³-hybridized carbons (Fsp3) is 0.643. The average Bonchev–Trinajstić information content (AvgIpc) is 2.80. The number of nitrogens with one attached hydrogen (secondary N) is 1. The van der Waals surface area contributed by atoms with Gasteiger partial charge in [0.15, 0.2) is 0 Å². The fourth-order valence-corrected chi connectivity index (χ4v) is 3.09. The zero-order chi connectivity index (χ0) is 12.8. The van der Waals surface area contributed by atoms with Crippen molar-refractivity contribution in [3.8, 4) is 0 Å². The summed E-state index contributed by atoms with van der Waals surface area (Å²) in [5.41, 5.74) is 2.40. The van der Waals surface area contributed by atoms with E-state index in [1.807, 2.05) is 11.8 Å². The van der Waals surface area contributed by atoms with Gasteiger partial charge in [0.25, 0.3) is 0 Å². The van der Waals surface area contributed by atoms with E-state index in [-0.39, 0.29) is 0 Å². The smallest absolute Gasteiger partial charge is 0.0966 e. The monoisotopic (exact) mass is 266 g/mol. The highest BCUT2D eigenvalue weighted by molar-refractivity contribution is 7.99. The third-order valence-electron chi connectivity index (χ3n) is 3.06. The van der Waals surface area contributed by atoms with E-state index in [0.717, 1.165) is 42.8 Å². The Labute approximate surface area is 114 Å². The second-order valence-electron chi connectivity index (χ2n) is 4.91. The van der Waals surface area contributed by atoms with E-state index in [0.29, 0.717) is 5.92 Å². The van der Waals surface area contributed by atoms with Crippen LogP contribution < -0.4 is 5.32 Å². The Morgan fingerprint density at radius 1 is 1.44 bits per heavy atom. The Balaban J connectivity index is 1.62. The SMILES string of the molecule is Cc1cc(C)nc(SCCNCC2CCOC2)c1. The zero-order valence-corrected chi connectivity index (χ0v) is 12.1. The van der Waals surface area contributed by atoms with E-state index in [4.69, 9.17) is 4.74 Å². The number of thioether (sulfide) groups is 1. The molecule has 2 heterocycles. The maximum absolute atomic E-state index is 5.35. The van der Waals surface area contributed by atoms with Crippen LogP contribution in [0, 0.1) is 19.8 Å². The lowest BCUT2D eigenvalue weighted by Gasteiger charge is -2.09. The number of aryl methyl sites for hydroxylation is 2. The number of pyridine rings is 1. The predicted molar refractivity (Wildman–Crippen MR) is 76.2 cm³/mol. The third-order valence-corrected chi connectivity index (χ3v) is 3.97. The Kier molecular flexibility index (Phi) is 5.47. The number of hydrogen-bond donors (Lipinski definition) is 1. The number of hydrogen-bond acceptors (Lipinski definition) is 4. The summed E-state index contributed by atoms with van der Waals surface area (Å²) in [6, 6.07) is 4.27. The lowest BCUT2D eigenvalue weighted by atomic mass is 10.1. The normalized spacial score (nSPS) is 19.3. The second-order valence-corrected chi connectivity index (χ2v) is 6.02. The van der Waals surface area contributed by atoms with Gasteiger partial charge in [-0.3, -0.25) is 0 Å². The standard InChI is InChI=1S/C14H22N2OS/c1-11-7-12(2)16-14(8-11)18-6-4-15-9-13-3-5-17-10-13/h7-8,13,15H,3-6,9-10H2,1-2H3. The molecule has 1 saturated heterocycles. The van der Waals surface area contributed by atoms with E-state index in [1.165, 1.54) is 12.0 Å². The molecule has 0 aromatic carbocycles. The van der Waals surface area contributed by atoms with Crippen LogP contribution in [0.25, 0.3) is 0 Å². The molecular formula is C14H22N2OS. The van der Waals surface area contributed by atoms with E-state index < -0.39 is 0 Å². The number of ether oxygens (including phenoxy) is 1. The highest BCUT2D eigenvalue weighted by Gasteiger charge is 2.14. The highest BCUT2D eigenvalue weighted by atomic mass is 32.2. The lowest BCUT2D eigenvalue weighted by Crippen LogP contribution is -2.25. The number of aromatic nitrogens is 1. The lowest BCUT2D eigenvalue weighted by molar-refractivity contribution is 0.185. The van der Waals surface area contributed by atoms with Gasteiger partial charge < -0.3 is 10.1 Å². The molecule has 1 N–H and O–H groups in total. The molecule has 0 radical (unpaired) electrons. The molecule has 1 unspecified atom stereocenters. The van der Waals surface area contributed by atoms with Crippen LogP contribution in [0.2, 0.25) is 0 Å². The highest BCUT2D eigenvalue weighted by Crippen LogP contribution is 2.17. The second kappa shape index (κ2) is 7.12. The first kappa shape index (κ1) is 13.8. The van der Waals surface area contributed by atoms with Crippen LogP contribution in [-0.4, -0.2) is 37.0 Å². The largest absolute Gasteiger partial charge is 0.381 e. The minimum Gasteiger partial charge on any atom is -0.381 e. The molecule has 1 fully saturated rings. The molecule has 0 spiro atoms. The summed E-state index contributed by atoms with van der Waals surface area (Å²) in [5.74, 6) is 1.79. The van der Waals surface area contributed by atoms with Crippen molar-refractivity contribution in [3.05, 3.63) is 23.4 Å². The quantitative estimate of drug-likeness (QED) is 0.633. The summed E-state index contributed by atoms with van der Waals surface area (Å²) < 4.78 is 5.35. The first-order valence-corrected chi connectivity index (χ1v) is 7.59. The third kappa shape index (κ3) is 4.59. The van der Waals surface area contributed by atoms with Gasteiger partial charge in [0.05, 0.1) is 11.6 Å². The van der Waals surface area contributed by atoms with Gasteiger partial charge in [-0.15, -0.1) is 11.8 Å². The van der Waals surface area contributed by atoms with Crippen molar-refractivity contribution in [1.82, 2.24) is 10.3 Å². The molecule has 4 heteroatoms. The summed E-state index contributed by atoms with van der Waals surface area (Å²) in [4.78, 5) is 4.52. The Hall–Kier alpha value is -0.580. The summed E-state index contributed by atoms with van der Waals surface area (Å²) in [5, 5.41) is 4.64. The van der Waals surface area contributed by atoms with Gasteiger partial charge in [-0.2, -0.15) is 0 Å². The summed E-state index contributed by atoms with van der Waals surface area (Å²) in [6.07, 6.45) is 1.21. The minimum absolute atomic E-state index is 0.717. The van der Waals surface area contributed by atoms with Gasteiger partial charge >= 0.3 is 0 Å². The minimum atomic E-state index is 0.717. The van der Waals surface area contributed by atoms with Crippen molar-refractivity contribution in [2.24, 2.45) is 5.92 Å². The first-order valence-electron chi connectivity index (χ1n) is 6.60. The van der Waals surface area contributed by atoms with Crippen molar-refractivity contribution >= 4 is 11.8 Å². The summed E-state index contributed by atoms with van der Waals surface area (Å²) in [6.45, 7) is 8.16. The topological polar surface area (TPSA) is 34.2 Å². The predicted octanol–water partition coefficient (Wildman–Crippen LogP) is 2.42. The molecule has 3 nitrogen and oxygen atoms in total. The number of rotatable bonds is 6. The van der Waals surface area contributed by atoms with Crippen LogP contribution >= 0.6 is 11.8 Å².